The molecule has 1 aliphatic carbocycles. The second kappa shape index (κ2) is 9.47. The quantitative estimate of drug-likeness (QED) is 0.345. The molecule has 1 aromatic carbocycles. The summed E-state index contributed by atoms with van der Waals surface area (Å²) < 4.78 is 17.9. The number of amides is 1. The molecule has 11 nitrogen and oxygen atoms in total. The third-order valence-corrected chi connectivity index (χ3v) is 6.49. The number of hydrogen-bond donors (Lipinski definition) is 1. The molecule has 1 aliphatic rings. The third-order valence-electron chi connectivity index (χ3n) is 6.49. The highest BCUT2D eigenvalue weighted by Gasteiger charge is 2.34. The largest absolute Gasteiger partial charge is 0.443 e. The second-order valence-electron chi connectivity index (χ2n) is 10.2. The highest BCUT2D eigenvalue weighted by molar-refractivity contribution is 6.02. The minimum absolute atomic E-state index is 0.0733. The molecule has 1 saturated carbocycles. The van der Waals surface area contributed by atoms with Gasteiger partial charge in [0.05, 0.1) is 23.6 Å². The summed E-state index contributed by atoms with van der Waals surface area (Å²) in [7, 11) is 3.26. The number of rotatable bonds is 7. The van der Waals surface area contributed by atoms with Gasteiger partial charge in [-0.1, -0.05) is 6.07 Å². The first-order chi connectivity index (χ1) is 17.6. The summed E-state index contributed by atoms with van der Waals surface area (Å²) >= 11 is 0. The van der Waals surface area contributed by atoms with Gasteiger partial charge >= 0.3 is 6.09 Å². The van der Waals surface area contributed by atoms with Crippen molar-refractivity contribution >= 4 is 45.9 Å². The highest BCUT2D eigenvalue weighted by atomic mass is 16.6. The molecule has 0 bridgehead atoms. The minimum atomic E-state index is -0.687. The number of carbonyl (C=O) groups excluding carboxylic acids is 2. The van der Waals surface area contributed by atoms with Gasteiger partial charge in [-0.25, -0.2) is 14.8 Å². The van der Waals surface area contributed by atoms with Crippen LogP contribution in [0.4, 0.5) is 22.1 Å². The SMILES string of the molecule is CO[C@H]1CCC1CC(=O)c1cnn2c(N(C)C(=O)OC(C)(C)C)cc(Nc3cccc4ocnc34)nc12. The molecule has 3 heterocycles. The van der Waals surface area contributed by atoms with Gasteiger partial charge in [0, 0.05) is 26.6 Å². The minimum Gasteiger partial charge on any atom is -0.443 e. The smallest absolute Gasteiger partial charge is 0.415 e. The molecule has 0 saturated heterocycles. The number of ether oxygens (including phenoxy) is 2. The number of aromatic nitrogens is 4. The van der Waals surface area contributed by atoms with E-state index < -0.39 is 11.7 Å². The van der Waals surface area contributed by atoms with E-state index in [4.69, 9.17) is 18.9 Å². The fraction of sp³-hybridized carbons (Fsp3) is 0.423. The molecule has 2 atom stereocenters. The van der Waals surface area contributed by atoms with Gasteiger partial charge in [-0.05, 0) is 51.7 Å². The first kappa shape index (κ1) is 24.7. The van der Waals surface area contributed by atoms with Gasteiger partial charge in [-0.2, -0.15) is 9.61 Å². The summed E-state index contributed by atoms with van der Waals surface area (Å²) in [4.78, 5) is 36.6. The fourth-order valence-electron chi connectivity index (χ4n) is 4.43. The molecule has 11 heteroatoms. The molecule has 194 valence electrons. The van der Waals surface area contributed by atoms with Crippen LogP contribution in [0.3, 0.4) is 0 Å². The maximum absolute atomic E-state index is 13.3. The second-order valence-corrected chi connectivity index (χ2v) is 10.2. The molecule has 0 radical (unpaired) electrons. The lowest BCUT2D eigenvalue weighted by molar-refractivity contribution is -0.0171. The van der Waals surface area contributed by atoms with E-state index in [0.29, 0.717) is 46.1 Å². The molecular weight excluding hydrogens is 476 g/mol. The van der Waals surface area contributed by atoms with Gasteiger partial charge in [0.1, 0.15) is 22.8 Å². The Morgan fingerprint density at radius 2 is 2.08 bits per heavy atom. The van der Waals surface area contributed by atoms with Gasteiger partial charge < -0.3 is 19.2 Å². The predicted octanol–water partition coefficient (Wildman–Crippen LogP) is 4.98. The molecule has 1 N–H and O–H groups in total. The van der Waals surface area contributed by atoms with Crippen molar-refractivity contribution in [1.82, 2.24) is 19.6 Å². The number of para-hydroxylation sites is 1. The van der Waals surface area contributed by atoms with Crippen LogP contribution in [0.5, 0.6) is 0 Å². The lowest BCUT2D eigenvalue weighted by Crippen LogP contribution is -2.35. The zero-order valence-electron chi connectivity index (χ0n) is 21.5. The molecule has 0 aliphatic heterocycles. The number of anilines is 3. The average Bonchev–Trinajstić information content (AvgIpc) is 3.48. The van der Waals surface area contributed by atoms with Crippen molar-refractivity contribution in [2.24, 2.45) is 5.92 Å². The number of oxazole rings is 1. The van der Waals surface area contributed by atoms with Gasteiger partial charge in [-0.15, -0.1) is 0 Å². The van der Waals surface area contributed by atoms with Crippen molar-refractivity contribution in [2.45, 2.75) is 51.7 Å². The Bertz CT molecular complexity index is 1470. The van der Waals surface area contributed by atoms with Crippen molar-refractivity contribution in [3.05, 3.63) is 42.4 Å². The standard InChI is InChI=1S/C26H30N6O5/c1-26(2,3)37-25(34)31(4)22-12-21(29-17-7-6-8-20-23(17)27-14-36-20)30-24-16(13-28-32(22)24)18(33)11-15-9-10-19(15)35-5/h6-8,12-15,19H,9-11H2,1-5H3,(H,29,30)/t15?,19-/m0/s1. The van der Waals surface area contributed by atoms with Crippen LogP contribution in [-0.4, -0.2) is 57.3 Å². The Morgan fingerprint density at radius 1 is 1.27 bits per heavy atom. The number of nitrogens with zero attached hydrogens (tertiary/aromatic N) is 5. The summed E-state index contributed by atoms with van der Waals surface area (Å²) in [5.41, 5.74) is 1.94. The van der Waals surface area contributed by atoms with Crippen molar-refractivity contribution in [3.8, 4) is 0 Å². The maximum Gasteiger partial charge on any atom is 0.415 e. The predicted molar refractivity (Wildman–Crippen MR) is 137 cm³/mol. The Morgan fingerprint density at radius 3 is 2.78 bits per heavy atom. The number of Topliss-reactive ketones (excluding diaryl/α,β-unsaturated/α-hetero) is 1. The topological polar surface area (TPSA) is 124 Å². The number of ketones is 1. The van der Waals surface area contributed by atoms with Crippen LogP contribution in [-0.2, 0) is 9.47 Å². The molecule has 5 rings (SSSR count). The first-order valence-corrected chi connectivity index (χ1v) is 12.2. The summed E-state index contributed by atoms with van der Waals surface area (Å²) in [6.07, 6.45) is 4.63. The third kappa shape index (κ3) is 4.86. The van der Waals surface area contributed by atoms with Crippen LogP contribution >= 0.6 is 0 Å². The number of nitrogens with one attached hydrogen (secondary N) is 1. The van der Waals surface area contributed by atoms with Crippen LogP contribution < -0.4 is 10.2 Å². The Kier molecular flexibility index (Phi) is 6.32. The van der Waals surface area contributed by atoms with E-state index in [-0.39, 0.29) is 17.8 Å². The summed E-state index contributed by atoms with van der Waals surface area (Å²) in [5, 5.41) is 7.68. The number of carbonyl (C=O) groups is 2. The van der Waals surface area contributed by atoms with Gasteiger partial charge in [0.15, 0.2) is 23.4 Å². The van der Waals surface area contributed by atoms with Crippen LogP contribution in [0, 0.1) is 5.92 Å². The van der Waals surface area contributed by atoms with E-state index in [0.717, 1.165) is 12.8 Å². The number of methoxy groups -OCH3 is 1. The average molecular weight is 507 g/mol. The maximum atomic E-state index is 13.3. The lowest BCUT2D eigenvalue weighted by atomic mass is 9.78. The molecule has 0 spiro atoms. The summed E-state index contributed by atoms with van der Waals surface area (Å²) in [5.74, 6) is 0.881. The highest BCUT2D eigenvalue weighted by Crippen LogP contribution is 2.34. The first-order valence-electron chi connectivity index (χ1n) is 12.2. The Hall–Kier alpha value is -3.99. The summed E-state index contributed by atoms with van der Waals surface area (Å²) in [6.45, 7) is 5.39. The number of benzene rings is 1. The van der Waals surface area contributed by atoms with Crippen LogP contribution in [0.1, 0.15) is 50.4 Å². The van der Waals surface area contributed by atoms with Gasteiger partial charge in [-0.3, -0.25) is 9.69 Å². The van der Waals surface area contributed by atoms with Crippen LogP contribution in [0.2, 0.25) is 0 Å². The molecule has 1 unspecified atom stereocenters. The van der Waals surface area contributed by atoms with Gasteiger partial charge in [0.25, 0.3) is 0 Å². The summed E-state index contributed by atoms with van der Waals surface area (Å²) in [6, 6.07) is 7.16. The van der Waals surface area contributed by atoms with E-state index in [1.54, 1.807) is 41.0 Å². The van der Waals surface area contributed by atoms with E-state index in [1.165, 1.54) is 22.0 Å². The normalized spacial score (nSPS) is 17.5. The molecule has 3 aromatic heterocycles. The molecule has 1 amide bonds. The van der Waals surface area contributed by atoms with E-state index in [1.807, 2.05) is 18.2 Å². The van der Waals surface area contributed by atoms with Crippen LogP contribution in [0.15, 0.2) is 41.3 Å². The number of hydrogen-bond acceptors (Lipinski definition) is 9. The Labute approximate surface area is 213 Å². The molecule has 1 fully saturated rings. The van der Waals surface area contributed by atoms with E-state index in [9.17, 15) is 9.59 Å². The van der Waals surface area contributed by atoms with E-state index >= 15 is 0 Å². The monoisotopic (exact) mass is 506 g/mol. The van der Waals surface area contributed by atoms with Crippen molar-refractivity contribution in [1.29, 1.82) is 0 Å². The van der Waals surface area contributed by atoms with E-state index in [2.05, 4.69) is 15.4 Å². The Balaban J connectivity index is 1.56. The van der Waals surface area contributed by atoms with Crippen molar-refractivity contribution in [3.63, 3.8) is 0 Å². The fourth-order valence-corrected chi connectivity index (χ4v) is 4.43. The van der Waals surface area contributed by atoms with Crippen LogP contribution in [0.25, 0.3) is 16.7 Å². The zero-order valence-corrected chi connectivity index (χ0v) is 21.5. The number of fused-ring (bicyclic) bond motifs is 2. The lowest BCUT2D eigenvalue weighted by Gasteiger charge is -2.34. The van der Waals surface area contributed by atoms with Gasteiger partial charge in [0.2, 0.25) is 0 Å². The molecular formula is C26H30N6O5. The van der Waals surface area contributed by atoms with Crippen molar-refractivity contribution < 1.29 is 23.5 Å². The molecule has 4 aromatic rings. The van der Waals surface area contributed by atoms with Crippen molar-refractivity contribution in [2.75, 3.05) is 24.4 Å². The molecule has 37 heavy (non-hydrogen) atoms. The zero-order chi connectivity index (χ0) is 26.3.